The topological polar surface area (TPSA) is 60.4 Å². The molecule has 16 heavy (non-hydrogen) atoms. The lowest BCUT2D eigenvalue weighted by Gasteiger charge is -2.12. The van der Waals surface area contributed by atoms with Crippen LogP contribution in [0.5, 0.6) is 0 Å². The standard InChI is InChI=1S/C10H11ClO4S/c1-15-10(12)7-9(16(11,13)14)8-5-3-2-4-6-8/h2-6,9H,7H2,1H3. The number of hydrogen-bond acceptors (Lipinski definition) is 4. The molecule has 0 N–H and O–H groups in total. The lowest BCUT2D eigenvalue weighted by atomic mass is 10.1. The molecule has 0 aliphatic rings. The van der Waals surface area contributed by atoms with Crippen LogP contribution in [0, 0.1) is 0 Å². The Kier molecular flexibility index (Phi) is 4.32. The van der Waals surface area contributed by atoms with Gasteiger partial charge in [-0.2, -0.15) is 0 Å². The number of halogens is 1. The second-order valence-electron chi connectivity index (χ2n) is 3.16. The number of esters is 1. The smallest absolute Gasteiger partial charge is 0.307 e. The van der Waals surface area contributed by atoms with E-state index < -0.39 is 20.3 Å². The molecule has 0 saturated carbocycles. The largest absolute Gasteiger partial charge is 0.469 e. The van der Waals surface area contributed by atoms with Crippen LogP contribution >= 0.6 is 10.7 Å². The quantitative estimate of drug-likeness (QED) is 0.614. The van der Waals surface area contributed by atoms with Crippen molar-refractivity contribution in [2.24, 2.45) is 0 Å². The lowest BCUT2D eigenvalue weighted by molar-refractivity contribution is -0.140. The zero-order chi connectivity index (χ0) is 12.2. The van der Waals surface area contributed by atoms with E-state index >= 15 is 0 Å². The van der Waals surface area contributed by atoms with Gasteiger partial charge in [0, 0.05) is 10.7 Å². The van der Waals surface area contributed by atoms with Crippen LogP contribution in [-0.2, 0) is 18.6 Å². The molecular formula is C10H11ClO4S. The normalized spacial score (nSPS) is 13.1. The number of rotatable bonds is 4. The molecule has 1 rings (SSSR count). The van der Waals surface area contributed by atoms with Crippen molar-refractivity contribution in [2.45, 2.75) is 11.7 Å². The van der Waals surface area contributed by atoms with Gasteiger partial charge in [0.2, 0.25) is 9.05 Å². The molecule has 0 aliphatic heterocycles. The van der Waals surface area contributed by atoms with Gasteiger partial charge in [0.05, 0.1) is 13.5 Å². The average molecular weight is 263 g/mol. The van der Waals surface area contributed by atoms with Crippen LogP contribution in [0.1, 0.15) is 17.2 Å². The highest BCUT2D eigenvalue weighted by Gasteiger charge is 2.28. The Bertz CT molecular complexity index is 455. The van der Waals surface area contributed by atoms with Gasteiger partial charge < -0.3 is 4.74 Å². The molecular weight excluding hydrogens is 252 g/mol. The molecule has 0 aliphatic carbocycles. The molecule has 4 nitrogen and oxygen atoms in total. The number of carbonyl (C=O) groups is 1. The Hall–Kier alpha value is -1.07. The van der Waals surface area contributed by atoms with E-state index in [0.717, 1.165) is 0 Å². The molecule has 1 atom stereocenters. The molecule has 6 heteroatoms. The number of hydrogen-bond donors (Lipinski definition) is 0. The first-order chi connectivity index (χ1) is 7.45. The Morgan fingerprint density at radius 3 is 2.38 bits per heavy atom. The van der Waals surface area contributed by atoms with Crippen molar-refractivity contribution in [3.05, 3.63) is 35.9 Å². The fourth-order valence-electron chi connectivity index (χ4n) is 1.28. The zero-order valence-corrected chi connectivity index (χ0v) is 10.2. The van der Waals surface area contributed by atoms with Crippen LogP contribution in [0.2, 0.25) is 0 Å². The number of methoxy groups -OCH3 is 1. The van der Waals surface area contributed by atoms with Crippen LogP contribution < -0.4 is 0 Å². The monoisotopic (exact) mass is 262 g/mol. The highest BCUT2D eigenvalue weighted by atomic mass is 35.7. The van der Waals surface area contributed by atoms with Gasteiger partial charge in [0.25, 0.3) is 0 Å². The predicted molar refractivity (Wildman–Crippen MR) is 60.6 cm³/mol. The van der Waals surface area contributed by atoms with Crippen LogP contribution in [0.4, 0.5) is 0 Å². The molecule has 0 amide bonds. The second kappa shape index (κ2) is 5.32. The Morgan fingerprint density at radius 2 is 1.94 bits per heavy atom. The molecule has 0 aromatic heterocycles. The average Bonchev–Trinajstić information content (AvgIpc) is 2.25. The summed E-state index contributed by atoms with van der Waals surface area (Å²) in [5, 5.41) is -1.07. The third kappa shape index (κ3) is 3.50. The second-order valence-corrected chi connectivity index (χ2v) is 5.97. The van der Waals surface area contributed by atoms with Gasteiger partial charge in [-0.25, -0.2) is 8.42 Å². The van der Waals surface area contributed by atoms with E-state index in [0.29, 0.717) is 5.56 Å². The van der Waals surface area contributed by atoms with E-state index in [2.05, 4.69) is 4.74 Å². The summed E-state index contributed by atoms with van der Waals surface area (Å²) in [6, 6.07) is 8.32. The molecule has 0 fully saturated rings. The highest BCUT2D eigenvalue weighted by molar-refractivity contribution is 8.13. The zero-order valence-electron chi connectivity index (χ0n) is 8.59. The molecule has 0 spiro atoms. The number of ether oxygens (including phenoxy) is 1. The van der Waals surface area contributed by atoms with E-state index in [1.165, 1.54) is 7.11 Å². The number of carbonyl (C=O) groups excluding carboxylic acids is 1. The highest BCUT2D eigenvalue weighted by Crippen LogP contribution is 2.29. The maximum atomic E-state index is 11.3. The molecule has 0 saturated heterocycles. The summed E-state index contributed by atoms with van der Waals surface area (Å²) in [5.41, 5.74) is 0.475. The fraction of sp³-hybridized carbons (Fsp3) is 0.300. The van der Waals surface area contributed by atoms with Crippen molar-refractivity contribution in [1.29, 1.82) is 0 Å². The molecule has 0 heterocycles. The summed E-state index contributed by atoms with van der Waals surface area (Å²) in [7, 11) is 2.65. The van der Waals surface area contributed by atoms with Crippen molar-refractivity contribution < 1.29 is 17.9 Å². The minimum absolute atomic E-state index is 0.285. The maximum Gasteiger partial charge on any atom is 0.307 e. The van der Waals surface area contributed by atoms with Gasteiger partial charge in [-0.1, -0.05) is 30.3 Å². The molecule has 0 bridgehead atoms. The molecule has 1 aromatic carbocycles. The van der Waals surface area contributed by atoms with E-state index in [9.17, 15) is 13.2 Å². The Balaban J connectivity index is 3.03. The molecule has 0 radical (unpaired) electrons. The Morgan fingerprint density at radius 1 is 1.38 bits per heavy atom. The SMILES string of the molecule is COC(=O)CC(c1ccccc1)S(=O)(=O)Cl. The van der Waals surface area contributed by atoms with E-state index in [1.54, 1.807) is 30.3 Å². The summed E-state index contributed by atoms with van der Waals surface area (Å²) in [4.78, 5) is 11.1. The van der Waals surface area contributed by atoms with Crippen LogP contribution in [-0.4, -0.2) is 21.5 Å². The predicted octanol–water partition coefficient (Wildman–Crippen LogP) is 1.86. The van der Waals surface area contributed by atoms with Gasteiger partial charge in [0.15, 0.2) is 0 Å². The Labute approximate surface area is 98.6 Å². The molecule has 1 unspecified atom stereocenters. The fourth-order valence-corrected chi connectivity index (χ4v) is 2.60. The summed E-state index contributed by atoms with van der Waals surface area (Å²) in [5.74, 6) is -0.613. The van der Waals surface area contributed by atoms with Crippen molar-refractivity contribution in [3.63, 3.8) is 0 Å². The third-order valence-corrected chi connectivity index (χ3v) is 3.85. The minimum Gasteiger partial charge on any atom is -0.469 e. The van der Waals surface area contributed by atoms with Gasteiger partial charge >= 0.3 is 5.97 Å². The van der Waals surface area contributed by atoms with Crippen LogP contribution in [0.3, 0.4) is 0 Å². The molecule has 1 aromatic rings. The van der Waals surface area contributed by atoms with Crippen molar-refractivity contribution in [3.8, 4) is 0 Å². The van der Waals surface area contributed by atoms with Crippen molar-refractivity contribution in [1.82, 2.24) is 0 Å². The lowest BCUT2D eigenvalue weighted by Crippen LogP contribution is -2.14. The van der Waals surface area contributed by atoms with Crippen molar-refractivity contribution in [2.75, 3.05) is 7.11 Å². The minimum atomic E-state index is -3.85. The molecule has 88 valence electrons. The van der Waals surface area contributed by atoms with Gasteiger partial charge in [0.1, 0.15) is 5.25 Å². The third-order valence-electron chi connectivity index (χ3n) is 2.09. The summed E-state index contributed by atoms with van der Waals surface area (Å²) in [6.07, 6.45) is -0.285. The van der Waals surface area contributed by atoms with Crippen LogP contribution in [0.15, 0.2) is 30.3 Å². The summed E-state index contributed by atoms with van der Waals surface area (Å²) < 4.78 is 27.1. The van der Waals surface area contributed by atoms with E-state index in [1.807, 2.05) is 0 Å². The van der Waals surface area contributed by atoms with Crippen LogP contribution in [0.25, 0.3) is 0 Å². The first-order valence-corrected chi connectivity index (χ1v) is 6.87. The van der Waals surface area contributed by atoms with Gasteiger partial charge in [-0.3, -0.25) is 4.79 Å². The number of benzene rings is 1. The van der Waals surface area contributed by atoms with Gasteiger partial charge in [-0.05, 0) is 5.56 Å². The maximum absolute atomic E-state index is 11.3. The summed E-state index contributed by atoms with van der Waals surface area (Å²) >= 11 is 0. The van der Waals surface area contributed by atoms with E-state index in [-0.39, 0.29) is 6.42 Å². The summed E-state index contributed by atoms with van der Waals surface area (Å²) in [6.45, 7) is 0. The van der Waals surface area contributed by atoms with E-state index in [4.69, 9.17) is 10.7 Å². The first-order valence-electron chi connectivity index (χ1n) is 4.50. The first kappa shape index (κ1) is 13.0. The van der Waals surface area contributed by atoms with Gasteiger partial charge in [-0.15, -0.1) is 0 Å². The van der Waals surface area contributed by atoms with Crippen molar-refractivity contribution >= 4 is 25.7 Å².